The third-order valence-electron chi connectivity index (χ3n) is 2.61. The first-order chi connectivity index (χ1) is 7.86. The number of rotatable bonds is 8. The van der Waals surface area contributed by atoms with E-state index in [9.17, 15) is 5.11 Å². The van der Waals surface area contributed by atoms with E-state index in [1.54, 1.807) is 0 Å². The van der Waals surface area contributed by atoms with Crippen molar-refractivity contribution in [2.45, 2.75) is 45.6 Å². The van der Waals surface area contributed by atoms with Gasteiger partial charge in [-0.25, -0.2) is 5.11 Å². The molecule has 0 fully saturated rings. The average molecular weight is 221 g/mol. The lowest BCUT2D eigenvalue weighted by molar-refractivity contribution is 0.177. The van der Waals surface area contributed by atoms with Gasteiger partial charge in [-0.05, 0) is 24.1 Å². The molecule has 0 aliphatic carbocycles. The fourth-order valence-corrected chi connectivity index (χ4v) is 1.58. The second-order valence-electron chi connectivity index (χ2n) is 4.05. The number of unbranched alkanes of at least 4 members (excludes halogenated alkanes) is 4. The second-order valence-corrected chi connectivity index (χ2v) is 4.05. The predicted molar refractivity (Wildman–Crippen MR) is 65.1 cm³/mol. The van der Waals surface area contributed by atoms with Crippen LogP contribution in [0.1, 0.15) is 44.6 Å². The molecule has 16 heavy (non-hydrogen) atoms. The van der Waals surface area contributed by atoms with Crippen molar-refractivity contribution in [2.75, 3.05) is 6.61 Å². The van der Waals surface area contributed by atoms with Crippen molar-refractivity contribution in [1.82, 2.24) is 0 Å². The fraction of sp³-hybridized carbons (Fsp3) is 0.571. The van der Waals surface area contributed by atoms with Gasteiger partial charge in [0.2, 0.25) is 0 Å². The summed E-state index contributed by atoms with van der Waals surface area (Å²) in [7, 11) is 0. The number of benzene rings is 1. The van der Waals surface area contributed by atoms with E-state index in [0.29, 0.717) is 0 Å². The Bertz CT molecular complexity index is 267. The third-order valence-corrected chi connectivity index (χ3v) is 2.61. The molecule has 0 saturated heterocycles. The van der Waals surface area contributed by atoms with Crippen molar-refractivity contribution < 1.29 is 9.84 Å². The van der Waals surface area contributed by atoms with Crippen molar-refractivity contribution in [3.63, 3.8) is 0 Å². The Balaban J connectivity index is 2.12. The molecule has 1 aromatic rings. The molecule has 0 aliphatic rings. The lowest BCUT2D eigenvalue weighted by Gasteiger charge is -2.06. The molecule has 0 atom stereocenters. The summed E-state index contributed by atoms with van der Waals surface area (Å²) in [5.74, 6) is 0.868. The van der Waals surface area contributed by atoms with E-state index < -0.39 is 0 Å². The summed E-state index contributed by atoms with van der Waals surface area (Å²) in [6, 6.07) is 7.41. The molecule has 2 heteroatoms. The maximum absolute atomic E-state index is 10.6. The van der Waals surface area contributed by atoms with E-state index in [1.807, 2.05) is 24.3 Å². The highest BCUT2D eigenvalue weighted by Crippen LogP contribution is 2.13. The Morgan fingerprint density at radius 2 is 1.69 bits per heavy atom. The SMILES string of the molecule is CCCCCCCOc1ccc(C[O])cc1. The first kappa shape index (κ1) is 13.0. The van der Waals surface area contributed by atoms with E-state index in [4.69, 9.17) is 4.74 Å². The average Bonchev–Trinajstić information content (AvgIpc) is 2.34. The molecule has 0 aromatic heterocycles. The zero-order valence-electron chi connectivity index (χ0n) is 10.1. The molecule has 2 nitrogen and oxygen atoms in total. The molecule has 0 saturated carbocycles. The van der Waals surface area contributed by atoms with Crippen molar-refractivity contribution in [3.05, 3.63) is 29.8 Å². The summed E-state index contributed by atoms with van der Waals surface area (Å²) in [6.45, 7) is 2.84. The topological polar surface area (TPSA) is 29.1 Å². The molecule has 0 unspecified atom stereocenters. The summed E-state index contributed by atoms with van der Waals surface area (Å²) < 4.78 is 5.58. The molecule has 1 aromatic carbocycles. The Kier molecular flexibility index (Phi) is 6.66. The van der Waals surface area contributed by atoms with E-state index in [1.165, 1.54) is 25.7 Å². The molecule has 89 valence electrons. The molecule has 0 heterocycles. The summed E-state index contributed by atoms with van der Waals surface area (Å²) in [4.78, 5) is 0. The smallest absolute Gasteiger partial charge is 0.119 e. The first-order valence-corrected chi connectivity index (χ1v) is 6.16. The van der Waals surface area contributed by atoms with Crippen LogP contribution in [0.3, 0.4) is 0 Å². The molecule has 0 bridgehead atoms. The van der Waals surface area contributed by atoms with Crippen LogP contribution in [0.4, 0.5) is 0 Å². The van der Waals surface area contributed by atoms with E-state index in [0.717, 1.165) is 24.3 Å². The van der Waals surface area contributed by atoms with Crippen LogP contribution in [0.15, 0.2) is 24.3 Å². The summed E-state index contributed by atoms with van der Waals surface area (Å²) in [5.41, 5.74) is 0.815. The maximum Gasteiger partial charge on any atom is 0.119 e. The van der Waals surface area contributed by atoms with Crippen LogP contribution in [-0.4, -0.2) is 6.61 Å². The van der Waals surface area contributed by atoms with Crippen molar-refractivity contribution in [3.8, 4) is 5.75 Å². The van der Waals surface area contributed by atoms with Gasteiger partial charge in [0.25, 0.3) is 0 Å². The van der Waals surface area contributed by atoms with E-state index >= 15 is 0 Å². The predicted octanol–water partition coefficient (Wildman–Crippen LogP) is 3.97. The minimum absolute atomic E-state index is 0.155. The minimum atomic E-state index is -0.155. The van der Waals surface area contributed by atoms with Crippen molar-refractivity contribution >= 4 is 0 Å². The van der Waals surface area contributed by atoms with Gasteiger partial charge in [0, 0.05) is 0 Å². The summed E-state index contributed by atoms with van der Waals surface area (Å²) in [6.07, 6.45) is 6.25. The van der Waals surface area contributed by atoms with Gasteiger partial charge in [-0.2, -0.15) is 0 Å². The molecule has 0 amide bonds. The van der Waals surface area contributed by atoms with Crippen LogP contribution < -0.4 is 4.74 Å². The third kappa shape index (κ3) is 5.17. The summed E-state index contributed by atoms with van der Waals surface area (Å²) >= 11 is 0. The van der Waals surface area contributed by atoms with Gasteiger partial charge in [-0.15, -0.1) is 0 Å². The van der Waals surface area contributed by atoms with Gasteiger partial charge in [0.1, 0.15) is 12.4 Å². The van der Waals surface area contributed by atoms with Gasteiger partial charge in [0.05, 0.1) is 6.61 Å². The zero-order chi connectivity index (χ0) is 11.6. The Hall–Kier alpha value is -1.02. The lowest BCUT2D eigenvalue weighted by atomic mass is 10.2. The Morgan fingerprint density at radius 1 is 1.00 bits per heavy atom. The highest BCUT2D eigenvalue weighted by Gasteiger charge is 1.95. The van der Waals surface area contributed by atoms with Gasteiger partial charge < -0.3 is 4.74 Å². The van der Waals surface area contributed by atoms with Crippen LogP contribution in [-0.2, 0) is 11.7 Å². The van der Waals surface area contributed by atoms with Crippen molar-refractivity contribution in [2.24, 2.45) is 0 Å². The monoisotopic (exact) mass is 221 g/mol. The fourth-order valence-electron chi connectivity index (χ4n) is 1.58. The van der Waals surface area contributed by atoms with Crippen LogP contribution in [0, 0.1) is 0 Å². The van der Waals surface area contributed by atoms with Gasteiger partial charge in [0.15, 0.2) is 0 Å². The van der Waals surface area contributed by atoms with Crippen LogP contribution in [0.2, 0.25) is 0 Å². The molecule has 0 aliphatic heterocycles. The number of ether oxygens (including phenoxy) is 1. The summed E-state index contributed by atoms with van der Waals surface area (Å²) in [5, 5.41) is 10.6. The molecule has 0 N–H and O–H groups in total. The van der Waals surface area contributed by atoms with Crippen molar-refractivity contribution in [1.29, 1.82) is 0 Å². The van der Waals surface area contributed by atoms with Crippen LogP contribution in [0.25, 0.3) is 0 Å². The van der Waals surface area contributed by atoms with Crippen LogP contribution >= 0.6 is 0 Å². The van der Waals surface area contributed by atoms with Gasteiger partial charge in [-0.3, -0.25) is 0 Å². The van der Waals surface area contributed by atoms with Gasteiger partial charge in [-0.1, -0.05) is 44.7 Å². The lowest BCUT2D eigenvalue weighted by Crippen LogP contribution is -1.97. The highest BCUT2D eigenvalue weighted by atomic mass is 16.5. The largest absolute Gasteiger partial charge is 0.494 e. The highest BCUT2D eigenvalue weighted by molar-refractivity contribution is 5.26. The second kappa shape index (κ2) is 8.17. The molecule has 0 spiro atoms. The number of hydrogen-bond donors (Lipinski definition) is 0. The maximum atomic E-state index is 10.6. The quantitative estimate of drug-likeness (QED) is 0.611. The van der Waals surface area contributed by atoms with E-state index in [2.05, 4.69) is 6.92 Å². The Labute approximate surface area is 98.3 Å². The molecular formula is C14H21O2. The standard InChI is InChI=1S/C14H21O2/c1-2-3-4-5-6-11-16-14-9-7-13(12-15)8-10-14/h7-10H,2-6,11-12H2,1H3. The van der Waals surface area contributed by atoms with Crippen LogP contribution in [0.5, 0.6) is 5.75 Å². The minimum Gasteiger partial charge on any atom is -0.494 e. The van der Waals surface area contributed by atoms with Gasteiger partial charge >= 0.3 is 0 Å². The zero-order valence-corrected chi connectivity index (χ0v) is 10.1. The Morgan fingerprint density at radius 3 is 2.31 bits per heavy atom. The molecule has 1 radical (unpaired) electrons. The normalized spacial score (nSPS) is 10.4. The first-order valence-electron chi connectivity index (χ1n) is 6.16. The molecular weight excluding hydrogens is 200 g/mol. The molecule has 1 rings (SSSR count). The number of hydrogen-bond acceptors (Lipinski definition) is 1. The van der Waals surface area contributed by atoms with E-state index in [-0.39, 0.29) is 6.61 Å².